The lowest BCUT2D eigenvalue weighted by atomic mass is 9.82. The summed E-state index contributed by atoms with van der Waals surface area (Å²) in [6.45, 7) is 8.09. The van der Waals surface area contributed by atoms with Gasteiger partial charge in [-0.15, -0.1) is 6.42 Å². The Hall–Kier alpha value is -3.00. The van der Waals surface area contributed by atoms with Crippen molar-refractivity contribution in [2.24, 2.45) is 11.8 Å². The highest BCUT2D eigenvalue weighted by molar-refractivity contribution is 6.03. The van der Waals surface area contributed by atoms with Gasteiger partial charge in [-0.05, 0) is 76.6 Å². The molecule has 1 heterocycles. The molecular weight excluding hydrogens is 390 g/mol. The van der Waals surface area contributed by atoms with E-state index in [-0.39, 0.29) is 35.9 Å². The largest absolute Gasteiger partial charge is 0.462 e. The van der Waals surface area contributed by atoms with Gasteiger partial charge in [0, 0.05) is 29.2 Å². The molecule has 1 amide bonds. The van der Waals surface area contributed by atoms with E-state index in [0.717, 1.165) is 36.8 Å². The highest BCUT2D eigenvalue weighted by Crippen LogP contribution is 2.37. The first-order chi connectivity index (χ1) is 14.8. The first-order valence-electron chi connectivity index (χ1n) is 11.1. The van der Waals surface area contributed by atoms with Crippen LogP contribution >= 0.6 is 0 Å². The van der Waals surface area contributed by atoms with Gasteiger partial charge in [-0.2, -0.15) is 0 Å². The van der Waals surface area contributed by atoms with E-state index in [0.29, 0.717) is 11.7 Å². The number of rotatable bonds is 6. The summed E-state index contributed by atoms with van der Waals surface area (Å²) in [7, 11) is 0. The van der Waals surface area contributed by atoms with Gasteiger partial charge in [0.05, 0.1) is 6.61 Å². The fourth-order valence-electron chi connectivity index (χ4n) is 4.08. The van der Waals surface area contributed by atoms with Crippen LogP contribution in [0.3, 0.4) is 0 Å². The lowest BCUT2D eigenvalue weighted by molar-refractivity contribution is -0.124. The average Bonchev–Trinajstić information content (AvgIpc) is 3.19. The summed E-state index contributed by atoms with van der Waals surface area (Å²) < 4.78 is 11.4. The molecule has 0 saturated heterocycles. The second-order valence-corrected chi connectivity index (χ2v) is 8.53. The standard InChI is InChI=1S/C26H31NO4/c1-6-19-10-14-20(15-11-19)23-16-22(26(29)30-7-2)25(31-23)27(17(3)4)24(28)21-12-8-18(5)9-13-21/h1,10-11,14-18,21H,7-9,12-13H2,2-5H3. The summed E-state index contributed by atoms with van der Waals surface area (Å²) in [5.41, 5.74) is 1.80. The molecule has 0 radical (unpaired) electrons. The summed E-state index contributed by atoms with van der Waals surface area (Å²) in [6.07, 6.45) is 9.25. The maximum atomic E-state index is 13.5. The number of anilines is 1. The van der Waals surface area contributed by atoms with Gasteiger partial charge in [0.1, 0.15) is 11.3 Å². The minimum Gasteiger partial charge on any atom is -0.462 e. The number of furan rings is 1. The van der Waals surface area contributed by atoms with Gasteiger partial charge < -0.3 is 9.15 Å². The summed E-state index contributed by atoms with van der Waals surface area (Å²) in [5, 5.41) is 0. The van der Waals surface area contributed by atoms with E-state index in [4.69, 9.17) is 15.6 Å². The molecule has 1 aliphatic carbocycles. The van der Waals surface area contributed by atoms with Crippen molar-refractivity contribution >= 4 is 17.8 Å². The van der Waals surface area contributed by atoms with Gasteiger partial charge >= 0.3 is 5.97 Å². The second kappa shape index (κ2) is 9.87. The zero-order valence-electron chi connectivity index (χ0n) is 18.8. The average molecular weight is 422 g/mol. The highest BCUT2D eigenvalue weighted by atomic mass is 16.5. The Morgan fingerprint density at radius 1 is 1.19 bits per heavy atom. The molecule has 0 aliphatic heterocycles. The van der Waals surface area contributed by atoms with Gasteiger partial charge in [-0.1, -0.05) is 12.8 Å². The Labute approximate surface area is 184 Å². The highest BCUT2D eigenvalue weighted by Gasteiger charge is 2.35. The lowest BCUT2D eigenvalue weighted by Crippen LogP contribution is -2.42. The lowest BCUT2D eigenvalue weighted by Gasteiger charge is -2.32. The fraction of sp³-hybridized carbons (Fsp3) is 0.462. The second-order valence-electron chi connectivity index (χ2n) is 8.53. The zero-order valence-corrected chi connectivity index (χ0v) is 18.8. The Bertz CT molecular complexity index is 956. The molecule has 0 spiro atoms. The number of terminal acetylenes is 1. The van der Waals surface area contributed by atoms with Crippen LogP contribution in [0.25, 0.3) is 11.3 Å². The monoisotopic (exact) mass is 421 g/mol. The molecule has 1 aliphatic rings. The molecule has 164 valence electrons. The van der Waals surface area contributed by atoms with Crippen LogP contribution in [0.2, 0.25) is 0 Å². The third kappa shape index (κ3) is 5.02. The van der Waals surface area contributed by atoms with Gasteiger partial charge in [0.25, 0.3) is 0 Å². The number of nitrogens with zero attached hydrogens (tertiary/aromatic N) is 1. The summed E-state index contributed by atoms with van der Waals surface area (Å²) in [6, 6.07) is 8.81. The SMILES string of the molecule is C#Cc1ccc(-c2cc(C(=O)OCC)c(N(C(=O)C3CCC(C)CC3)C(C)C)o2)cc1. The van der Waals surface area contributed by atoms with E-state index in [1.54, 1.807) is 17.9 Å². The molecule has 31 heavy (non-hydrogen) atoms. The molecular formula is C26H31NO4. The van der Waals surface area contributed by atoms with Crippen LogP contribution in [0, 0.1) is 24.2 Å². The van der Waals surface area contributed by atoms with Crippen molar-refractivity contribution in [1.82, 2.24) is 0 Å². The van der Waals surface area contributed by atoms with Crippen molar-refractivity contribution in [3.05, 3.63) is 41.5 Å². The first kappa shape index (κ1) is 22.7. The normalized spacial score (nSPS) is 18.5. The molecule has 3 rings (SSSR count). The first-order valence-corrected chi connectivity index (χ1v) is 11.1. The van der Waals surface area contributed by atoms with Crippen molar-refractivity contribution in [2.45, 2.75) is 59.4 Å². The third-order valence-corrected chi connectivity index (χ3v) is 5.88. The molecule has 5 nitrogen and oxygen atoms in total. The minimum absolute atomic E-state index is 0.0102. The summed E-state index contributed by atoms with van der Waals surface area (Å²) in [5.74, 6) is 3.44. The Kier molecular flexibility index (Phi) is 7.22. The molecule has 1 saturated carbocycles. The van der Waals surface area contributed by atoms with E-state index < -0.39 is 5.97 Å². The number of hydrogen-bond donors (Lipinski definition) is 0. The van der Waals surface area contributed by atoms with Crippen LogP contribution in [-0.4, -0.2) is 24.5 Å². The van der Waals surface area contributed by atoms with Gasteiger partial charge in [-0.25, -0.2) is 4.79 Å². The topological polar surface area (TPSA) is 59.8 Å². The molecule has 5 heteroatoms. The molecule has 0 bridgehead atoms. The Morgan fingerprint density at radius 2 is 1.84 bits per heavy atom. The van der Waals surface area contributed by atoms with Crippen LogP contribution in [-0.2, 0) is 9.53 Å². The minimum atomic E-state index is -0.497. The molecule has 1 fully saturated rings. The molecule has 0 N–H and O–H groups in total. The molecule has 2 aromatic rings. The van der Waals surface area contributed by atoms with Gasteiger partial charge in [0.2, 0.25) is 11.8 Å². The van der Waals surface area contributed by atoms with Crippen LogP contribution in [0.5, 0.6) is 0 Å². The molecule has 1 aromatic heterocycles. The van der Waals surface area contributed by atoms with Crippen LogP contribution in [0.15, 0.2) is 34.7 Å². The number of amides is 1. The maximum absolute atomic E-state index is 13.5. The van der Waals surface area contributed by atoms with Gasteiger partial charge in [-0.3, -0.25) is 9.69 Å². The molecule has 0 unspecified atom stereocenters. The number of benzene rings is 1. The van der Waals surface area contributed by atoms with Gasteiger partial charge in [0.15, 0.2) is 0 Å². The summed E-state index contributed by atoms with van der Waals surface area (Å²) in [4.78, 5) is 27.9. The zero-order chi connectivity index (χ0) is 22.5. The number of esters is 1. The fourth-order valence-corrected chi connectivity index (χ4v) is 4.08. The number of hydrogen-bond acceptors (Lipinski definition) is 4. The molecule has 1 aromatic carbocycles. The van der Waals surface area contributed by atoms with Crippen molar-refractivity contribution in [3.63, 3.8) is 0 Å². The van der Waals surface area contributed by atoms with E-state index in [1.165, 1.54) is 0 Å². The van der Waals surface area contributed by atoms with Crippen molar-refractivity contribution < 1.29 is 18.7 Å². The van der Waals surface area contributed by atoms with E-state index in [1.807, 2.05) is 38.1 Å². The Balaban J connectivity index is 2.02. The number of ether oxygens (including phenoxy) is 1. The van der Waals surface area contributed by atoms with E-state index in [2.05, 4.69) is 12.8 Å². The van der Waals surface area contributed by atoms with E-state index in [9.17, 15) is 9.59 Å². The number of carbonyl (C=O) groups is 2. The quantitative estimate of drug-likeness (QED) is 0.445. The number of carbonyl (C=O) groups excluding carboxylic acids is 2. The van der Waals surface area contributed by atoms with Crippen molar-refractivity contribution in [1.29, 1.82) is 0 Å². The van der Waals surface area contributed by atoms with Crippen LogP contribution in [0.1, 0.15) is 69.3 Å². The maximum Gasteiger partial charge on any atom is 0.343 e. The van der Waals surface area contributed by atoms with Crippen molar-refractivity contribution in [3.8, 4) is 23.7 Å². The van der Waals surface area contributed by atoms with Crippen LogP contribution < -0.4 is 4.90 Å². The van der Waals surface area contributed by atoms with Crippen molar-refractivity contribution in [2.75, 3.05) is 11.5 Å². The Morgan fingerprint density at radius 3 is 2.39 bits per heavy atom. The summed E-state index contributed by atoms with van der Waals surface area (Å²) >= 11 is 0. The smallest absolute Gasteiger partial charge is 0.343 e. The third-order valence-electron chi connectivity index (χ3n) is 5.88. The predicted molar refractivity (Wildman–Crippen MR) is 122 cm³/mol. The molecule has 0 atom stereocenters. The van der Waals surface area contributed by atoms with Crippen LogP contribution in [0.4, 0.5) is 5.88 Å². The van der Waals surface area contributed by atoms with E-state index >= 15 is 0 Å². The predicted octanol–water partition coefficient (Wildman–Crippen LogP) is 5.67.